The monoisotopic (exact) mass is 190 g/mol. The highest BCUT2D eigenvalue weighted by atomic mass is 16.4. The molecule has 0 spiro atoms. The average Bonchev–Trinajstić information content (AvgIpc) is 2.16. The molecule has 0 aliphatic rings. The molecule has 0 aliphatic carbocycles. The number of rotatable bonds is 3. The number of carboxylic acid groups (broad SMARTS) is 2. The van der Waals surface area contributed by atoms with Gasteiger partial charge in [-0.05, 0) is 5.56 Å². The third-order valence-corrected chi connectivity index (χ3v) is 1.74. The zero-order chi connectivity index (χ0) is 10.7. The van der Waals surface area contributed by atoms with Crippen molar-refractivity contribution in [3.8, 4) is 0 Å². The van der Waals surface area contributed by atoms with Gasteiger partial charge in [-0.2, -0.15) is 0 Å². The molecule has 0 fully saturated rings. The first-order valence-electron chi connectivity index (χ1n) is 3.76. The largest absolute Gasteiger partial charge is 0.545 e. The number of benzene rings is 1. The summed E-state index contributed by atoms with van der Waals surface area (Å²) < 4.78 is 0. The summed E-state index contributed by atoms with van der Waals surface area (Å²) in [6.07, 6.45) is 1.25. The minimum absolute atomic E-state index is 0.201. The molecule has 0 saturated carbocycles. The van der Waals surface area contributed by atoms with Crippen LogP contribution in [0.1, 0.15) is 26.3 Å². The first kappa shape index (κ1) is 9.98. The summed E-state index contributed by atoms with van der Waals surface area (Å²) >= 11 is 0. The van der Waals surface area contributed by atoms with Crippen molar-refractivity contribution in [2.75, 3.05) is 0 Å². The van der Waals surface area contributed by atoms with Gasteiger partial charge >= 0.3 is 0 Å². The number of carbonyl (C=O) groups excluding carboxylic acids is 2. The zero-order valence-corrected chi connectivity index (χ0v) is 7.15. The van der Waals surface area contributed by atoms with E-state index < -0.39 is 23.1 Å². The molecule has 4 heteroatoms. The van der Waals surface area contributed by atoms with Crippen LogP contribution in [-0.2, 0) is 0 Å². The van der Waals surface area contributed by atoms with E-state index in [1.807, 2.05) is 0 Å². The molecule has 1 aromatic carbocycles. The third kappa shape index (κ3) is 1.64. The number of aromatic carboxylic acids is 2. The van der Waals surface area contributed by atoms with Gasteiger partial charge in [0.25, 0.3) is 0 Å². The summed E-state index contributed by atoms with van der Waals surface area (Å²) in [5, 5.41) is 21.2. The molecular weight excluding hydrogens is 184 g/mol. The van der Waals surface area contributed by atoms with Crippen molar-refractivity contribution in [1.29, 1.82) is 0 Å². The lowest BCUT2D eigenvalue weighted by atomic mass is 10.0. The fourth-order valence-corrected chi connectivity index (χ4v) is 1.14. The van der Waals surface area contributed by atoms with Gasteiger partial charge in [-0.1, -0.05) is 30.9 Å². The van der Waals surface area contributed by atoms with Gasteiger partial charge in [0.2, 0.25) is 0 Å². The maximum atomic E-state index is 10.7. The summed E-state index contributed by atoms with van der Waals surface area (Å²) in [7, 11) is 0. The highest BCUT2D eigenvalue weighted by Crippen LogP contribution is 2.14. The van der Waals surface area contributed by atoms with Crippen LogP contribution in [0.5, 0.6) is 0 Å². The van der Waals surface area contributed by atoms with E-state index in [9.17, 15) is 19.8 Å². The van der Waals surface area contributed by atoms with E-state index in [1.165, 1.54) is 18.2 Å². The van der Waals surface area contributed by atoms with Crippen molar-refractivity contribution < 1.29 is 19.8 Å². The Bertz CT molecular complexity index is 407. The predicted molar refractivity (Wildman–Crippen MR) is 45.2 cm³/mol. The lowest BCUT2D eigenvalue weighted by Crippen LogP contribution is -2.30. The van der Waals surface area contributed by atoms with E-state index in [0.717, 1.165) is 6.07 Å². The van der Waals surface area contributed by atoms with Gasteiger partial charge in [-0.25, -0.2) is 0 Å². The van der Waals surface area contributed by atoms with Crippen molar-refractivity contribution in [3.63, 3.8) is 0 Å². The van der Waals surface area contributed by atoms with Crippen LogP contribution in [0, 0.1) is 0 Å². The topological polar surface area (TPSA) is 80.3 Å². The Labute approximate surface area is 80.1 Å². The fraction of sp³-hybridized carbons (Fsp3) is 0. The van der Waals surface area contributed by atoms with Crippen LogP contribution in [0.4, 0.5) is 0 Å². The van der Waals surface area contributed by atoms with Crippen LogP contribution < -0.4 is 10.2 Å². The van der Waals surface area contributed by atoms with E-state index in [2.05, 4.69) is 6.58 Å². The van der Waals surface area contributed by atoms with Crippen molar-refractivity contribution in [3.05, 3.63) is 41.5 Å². The van der Waals surface area contributed by atoms with Crippen molar-refractivity contribution >= 4 is 18.0 Å². The molecule has 0 amide bonds. The van der Waals surface area contributed by atoms with Crippen molar-refractivity contribution in [2.24, 2.45) is 0 Å². The van der Waals surface area contributed by atoms with Gasteiger partial charge in [-0.15, -0.1) is 0 Å². The van der Waals surface area contributed by atoms with Gasteiger partial charge in [0.1, 0.15) is 0 Å². The molecule has 0 saturated heterocycles. The molecule has 1 aromatic rings. The molecule has 0 aliphatic heterocycles. The van der Waals surface area contributed by atoms with Crippen molar-refractivity contribution in [1.82, 2.24) is 0 Å². The Kier molecular flexibility index (Phi) is 2.67. The number of hydrogen-bond donors (Lipinski definition) is 0. The molecule has 0 atom stereocenters. The SMILES string of the molecule is C=Cc1cccc(C(=O)[O-])c1C(=O)[O-]. The molecule has 0 heterocycles. The van der Waals surface area contributed by atoms with Crippen LogP contribution in [-0.4, -0.2) is 11.9 Å². The number of carbonyl (C=O) groups is 2. The second-order valence-electron chi connectivity index (χ2n) is 2.55. The van der Waals surface area contributed by atoms with E-state index in [4.69, 9.17) is 0 Å². The first-order chi connectivity index (χ1) is 6.57. The molecule has 0 radical (unpaired) electrons. The average molecular weight is 190 g/mol. The lowest BCUT2D eigenvalue weighted by molar-refractivity contribution is -0.259. The highest BCUT2D eigenvalue weighted by molar-refractivity contribution is 6.02. The van der Waals surface area contributed by atoms with Crippen LogP contribution in [0.3, 0.4) is 0 Å². The lowest BCUT2D eigenvalue weighted by Gasteiger charge is -2.13. The summed E-state index contributed by atoms with van der Waals surface area (Å²) in [5.41, 5.74) is -0.600. The summed E-state index contributed by atoms with van der Waals surface area (Å²) in [6.45, 7) is 3.37. The van der Waals surface area contributed by atoms with E-state index >= 15 is 0 Å². The summed E-state index contributed by atoms with van der Waals surface area (Å²) in [5.74, 6) is -3.10. The van der Waals surface area contributed by atoms with E-state index in [1.54, 1.807) is 0 Å². The number of carboxylic acids is 2. The normalized spacial score (nSPS) is 9.43. The first-order valence-corrected chi connectivity index (χ1v) is 3.76. The molecule has 72 valence electrons. The van der Waals surface area contributed by atoms with Crippen LogP contribution in [0.25, 0.3) is 6.08 Å². The Balaban J connectivity index is 3.51. The Morgan fingerprint density at radius 3 is 2.29 bits per heavy atom. The molecule has 14 heavy (non-hydrogen) atoms. The van der Waals surface area contributed by atoms with Gasteiger partial charge in [0.05, 0.1) is 11.9 Å². The van der Waals surface area contributed by atoms with Crippen LogP contribution in [0.15, 0.2) is 24.8 Å². The molecule has 0 N–H and O–H groups in total. The second-order valence-corrected chi connectivity index (χ2v) is 2.55. The molecule has 0 aromatic heterocycles. The maximum absolute atomic E-state index is 10.7. The van der Waals surface area contributed by atoms with Gasteiger partial charge in [-0.3, -0.25) is 0 Å². The summed E-state index contributed by atoms with van der Waals surface area (Å²) in [4.78, 5) is 21.2. The van der Waals surface area contributed by atoms with Crippen molar-refractivity contribution in [2.45, 2.75) is 0 Å². The Morgan fingerprint density at radius 2 is 1.86 bits per heavy atom. The molecule has 4 nitrogen and oxygen atoms in total. The molecule has 0 bridgehead atoms. The standard InChI is InChI=1S/C10H8O4/c1-2-6-4-3-5-7(9(11)12)8(6)10(13)14/h2-5H,1H2,(H,11,12)(H,13,14)/p-2. The third-order valence-electron chi connectivity index (χ3n) is 1.74. The minimum Gasteiger partial charge on any atom is -0.545 e. The quantitative estimate of drug-likeness (QED) is 0.615. The Morgan fingerprint density at radius 1 is 1.21 bits per heavy atom. The van der Waals surface area contributed by atoms with Crippen LogP contribution >= 0.6 is 0 Å². The van der Waals surface area contributed by atoms with Crippen LogP contribution in [0.2, 0.25) is 0 Å². The molecule has 1 rings (SSSR count). The zero-order valence-electron chi connectivity index (χ0n) is 7.15. The second kappa shape index (κ2) is 3.74. The maximum Gasteiger partial charge on any atom is 0.0728 e. The smallest absolute Gasteiger partial charge is 0.0728 e. The van der Waals surface area contributed by atoms with Gasteiger partial charge < -0.3 is 19.8 Å². The molecular formula is C10H6O4-2. The predicted octanol–water partition coefficient (Wildman–Crippen LogP) is -0.943. The fourth-order valence-electron chi connectivity index (χ4n) is 1.14. The molecule has 0 unspecified atom stereocenters. The van der Waals surface area contributed by atoms with E-state index in [0.29, 0.717) is 0 Å². The van der Waals surface area contributed by atoms with Gasteiger partial charge in [0.15, 0.2) is 0 Å². The highest BCUT2D eigenvalue weighted by Gasteiger charge is 2.07. The Hall–Kier alpha value is -2.10. The van der Waals surface area contributed by atoms with Gasteiger partial charge in [0, 0.05) is 11.1 Å². The minimum atomic E-state index is -1.56. The number of hydrogen-bond acceptors (Lipinski definition) is 4. The summed E-state index contributed by atoms with van der Waals surface area (Å²) in [6, 6.07) is 3.99. The van der Waals surface area contributed by atoms with E-state index in [-0.39, 0.29) is 5.56 Å².